The lowest BCUT2D eigenvalue weighted by molar-refractivity contribution is 0.725. The third kappa shape index (κ3) is 7.09. The Morgan fingerprint density at radius 1 is 0.442 bits per heavy atom. The van der Waals surface area contributed by atoms with Crippen LogP contribution in [-0.4, -0.2) is 0 Å². The zero-order valence-electron chi connectivity index (χ0n) is 31.9. The van der Waals surface area contributed by atoms with Crippen molar-refractivity contribution < 1.29 is 0 Å². The van der Waals surface area contributed by atoms with Crippen molar-refractivity contribution in [3.8, 4) is 11.1 Å². The van der Waals surface area contributed by atoms with Crippen LogP contribution in [0.4, 0.5) is 0 Å². The highest BCUT2D eigenvalue weighted by atomic mass is 14.2. The van der Waals surface area contributed by atoms with Crippen LogP contribution in [-0.2, 0) is 25.7 Å². The van der Waals surface area contributed by atoms with E-state index in [9.17, 15) is 0 Å². The van der Waals surface area contributed by atoms with Gasteiger partial charge < -0.3 is 0 Å². The Morgan fingerprint density at radius 3 is 1.44 bits per heavy atom. The SMILES string of the molecule is C=CCCCCc1c(CCCCC=C)c2cc(C)ccc2c2ccc(C)cc12.Cc1c2ccccc2c(C)c2cc(-c3ccc4c(c3)CC4)ccc12. The van der Waals surface area contributed by atoms with Gasteiger partial charge in [0.2, 0.25) is 0 Å². The summed E-state index contributed by atoms with van der Waals surface area (Å²) in [6.45, 7) is 16.7. The first-order chi connectivity index (χ1) is 25.4. The smallest absolute Gasteiger partial charge is 0.0102 e. The third-order valence-corrected chi connectivity index (χ3v) is 11.6. The van der Waals surface area contributed by atoms with Crippen molar-refractivity contribution in [2.75, 3.05) is 0 Å². The molecule has 0 heteroatoms. The third-order valence-electron chi connectivity index (χ3n) is 11.6. The number of allylic oxidation sites excluding steroid dienone is 2. The number of hydrogen-bond donors (Lipinski definition) is 0. The Bertz CT molecular complexity index is 2350. The largest absolute Gasteiger partial charge is 0.103 e. The van der Waals surface area contributed by atoms with Gasteiger partial charge in [0.05, 0.1) is 0 Å². The molecule has 0 fully saturated rings. The van der Waals surface area contributed by atoms with E-state index in [2.05, 4.69) is 138 Å². The van der Waals surface area contributed by atoms with E-state index in [1.54, 1.807) is 11.1 Å². The average molecular weight is 679 g/mol. The minimum atomic E-state index is 1.11. The number of hydrogen-bond acceptors (Lipinski definition) is 0. The summed E-state index contributed by atoms with van der Waals surface area (Å²) in [6, 6.07) is 36.7. The second-order valence-electron chi connectivity index (χ2n) is 15.2. The predicted octanol–water partition coefficient (Wildman–Crippen LogP) is 14.8. The van der Waals surface area contributed by atoms with Crippen LogP contribution in [0.15, 0.2) is 122 Å². The normalized spacial score (nSPS) is 12.1. The Hall–Kier alpha value is -4.94. The molecule has 0 amide bonds. The summed E-state index contributed by atoms with van der Waals surface area (Å²) in [6.07, 6.45) is 16.0. The van der Waals surface area contributed by atoms with E-state index >= 15 is 0 Å². The van der Waals surface area contributed by atoms with Gasteiger partial charge in [0.1, 0.15) is 0 Å². The lowest BCUT2D eigenvalue weighted by Gasteiger charge is -2.20. The summed E-state index contributed by atoms with van der Waals surface area (Å²) >= 11 is 0. The van der Waals surface area contributed by atoms with Crippen molar-refractivity contribution in [2.24, 2.45) is 0 Å². The first-order valence-electron chi connectivity index (χ1n) is 19.6. The molecule has 7 aromatic carbocycles. The van der Waals surface area contributed by atoms with Crippen molar-refractivity contribution in [1.82, 2.24) is 0 Å². The van der Waals surface area contributed by atoms with Crippen molar-refractivity contribution in [1.29, 1.82) is 0 Å². The van der Waals surface area contributed by atoms with Crippen molar-refractivity contribution >= 4 is 43.1 Å². The fourth-order valence-electron chi connectivity index (χ4n) is 8.53. The van der Waals surface area contributed by atoms with Gasteiger partial charge in [0.25, 0.3) is 0 Å². The first kappa shape index (κ1) is 35.5. The Kier molecular flexibility index (Phi) is 10.7. The van der Waals surface area contributed by atoms with E-state index in [-0.39, 0.29) is 0 Å². The zero-order valence-corrected chi connectivity index (χ0v) is 31.9. The highest BCUT2D eigenvalue weighted by Gasteiger charge is 2.16. The molecular formula is C52H54. The Balaban J connectivity index is 0.000000163. The van der Waals surface area contributed by atoms with Crippen molar-refractivity contribution in [3.63, 3.8) is 0 Å². The van der Waals surface area contributed by atoms with Gasteiger partial charge in [-0.25, -0.2) is 0 Å². The monoisotopic (exact) mass is 678 g/mol. The van der Waals surface area contributed by atoms with Gasteiger partial charge in [-0.05, 0) is 186 Å². The van der Waals surface area contributed by atoms with Gasteiger partial charge in [-0.3, -0.25) is 0 Å². The fourth-order valence-corrected chi connectivity index (χ4v) is 8.53. The molecule has 0 radical (unpaired) electrons. The minimum Gasteiger partial charge on any atom is -0.103 e. The lowest BCUT2D eigenvalue weighted by Crippen LogP contribution is -2.07. The maximum atomic E-state index is 3.88. The molecule has 0 atom stereocenters. The van der Waals surface area contributed by atoms with Gasteiger partial charge >= 0.3 is 0 Å². The second kappa shape index (κ2) is 15.7. The topological polar surface area (TPSA) is 0 Å². The predicted molar refractivity (Wildman–Crippen MR) is 230 cm³/mol. The maximum Gasteiger partial charge on any atom is -0.0102 e. The molecule has 0 spiro atoms. The van der Waals surface area contributed by atoms with Crippen molar-refractivity contribution in [2.45, 2.75) is 91.9 Å². The molecule has 0 nitrogen and oxygen atoms in total. The molecule has 7 aromatic rings. The number of rotatable bonds is 11. The highest BCUT2D eigenvalue weighted by molar-refractivity contribution is 6.11. The van der Waals surface area contributed by atoms with Crippen molar-refractivity contribution in [3.05, 3.63) is 167 Å². The first-order valence-corrected chi connectivity index (χ1v) is 19.6. The van der Waals surface area contributed by atoms with E-state index < -0.39 is 0 Å². The quantitative estimate of drug-likeness (QED) is 0.0553. The minimum absolute atomic E-state index is 1.11. The molecule has 8 rings (SSSR count). The molecule has 52 heavy (non-hydrogen) atoms. The molecule has 262 valence electrons. The molecule has 0 unspecified atom stereocenters. The molecule has 0 aliphatic heterocycles. The Labute approximate surface area is 311 Å². The Morgan fingerprint density at radius 2 is 0.923 bits per heavy atom. The molecule has 1 aliphatic carbocycles. The van der Waals surface area contributed by atoms with Crippen LogP contribution in [0.1, 0.15) is 83.0 Å². The van der Waals surface area contributed by atoms with Gasteiger partial charge in [0, 0.05) is 0 Å². The molecule has 0 heterocycles. The van der Waals surface area contributed by atoms with Crippen LogP contribution < -0.4 is 0 Å². The van der Waals surface area contributed by atoms with E-state index in [0.29, 0.717) is 0 Å². The molecule has 0 aromatic heterocycles. The second-order valence-corrected chi connectivity index (χ2v) is 15.2. The number of unbranched alkanes of at least 4 members (excludes halogenated alkanes) is 4. The summed E-state index contributed by atoms with van der Waals surface area (Å²) in [5, 5.41) is 11.3. The summed E-state index contributed by atoms with van der Waals surface area (Å²) in [4.78, 5) is 0. The summed E-state index contributed by atoms with van der Waals surface area (Å²) in [5.41, 5.74) is 14.4. The fraction of sp³-hybridized carbons (Fsp3) is 0.269. The van der Waals surface area contributed by atoms with Gasteiger partial charge in [-0.1, -0.05) is 114 Å². The maximum absolute atomic E-state index is 3.88. The van der Waals surface area contributed by atoms with Crippen LogP contribution in [0.5, 0.6) is 0 Å². The van der Waals surface area contributed by atoms with Crippen LogP contribution in [0.25, 0.3) is 54.2 Å². The standard InChI is InChI=1S/C28H34.C24H20/c1-5-7-9-11-13-23-24(14-12-10-8-6-2)28-20-22(4)16-18-26(28)25-17-15-21(3)19-27(23)25;1-15-21-5-3-4-6-22(21)16(2)24-14-20(11-12-23(15)24)19-10-8-17-7-9-18(17)13-19/h5-6,15-20H,1-2,7-14H2,3-4H3;3-6,8,10-14H,7,9H2,1-2H3. The molecule has 0 saturated carbocycles. The lowest BCUT2D eigenvalue weighted by atomic mass is 9.85. The molecule has 0 bridgehead atoms. The van der Waals surface area contributed by atoms with Gasteiger partial charge in [0.15, 0.2) is 0 Å². The van der Waals surface area contributed by atoms with E-state index in [1.165, 1.54) is 126 Å². The van der Waals surface area contributed by atoms with E-state index in [4.69, 9.17) is 0 Å². The van der Waals surface area contributed by atoms with Crippen LogP contribution in [0.2, 0.25) is 0 Å². The molecular weight excluding hydrogens is 625 g/mol. The highest BCUT2D eigenvalue weighted by Crippen LogP contribution is 2.38. The van der Waals surface area contributed by atoms with Crippen LogP contribution in [0.3, 0.4) is 0 Å². The number of aryl methyl sites for hydroxylation is 8. The van der Waals surface area contributed by atoms with Gasteiger partial charge in [-0.2, -0.15) is 0 Å². The van der Waals surface area contributed by atoms with E-state index in [0.717, 1.165) is 25.7 Å². The number of benzene rings is 7. The average Bonchev–Trinajstić information content (AvgIpc) is 3.15. The van der Waals surface area contributed by atoms with Crippen LogP contribution in [0, 0.1) is 27.7 Å². The van der Waals surface area contributed by atoms with Crippen LogP contribution >= 0.6 is 0 Å². The molecule has 0 saturated heterocycles. The zero-order chi connectivity index (χ0) is 36.2. The van der Waals surface area contributed by atoms with Gasteiger partial charge in [-0.15, -0.1) is 13.2 Å². The number of fused-ring (bicyclic) bond motifs is 6. The summed E-state index contributed by atoms with van der Waals surface area (Å²) in [7, 11) is 0. The molecule has 1 aliphatic rings. The van der Waals surface area contributed by atoms with E-state index in [1.807, 2.05) is 12.2 Å². The summed E-state index contributed by atoms with van der Waals surface area (Å²) < 4.78 is 0. The molecule has 0 N–H and O–H groups in total. The summed E-state index contributed by atoms with van der Waals surface area (Å²) in [5.74, 6) is 0.